The number of rotatable bonds is 5. The zero-order valence-electron chi connectivity index (χ0n) is 11.0. The second-order valence-corrected chi connectivity index (χ2v) is 6.15. The Morgan fingerprint density at radius 3 is 2.28 bits per heavy atom. The highest BCUT2D eigenvalue weighted by atomic mass is 127. The van der Waals surface area contributed by atoms with Crippen LogP contribution in [0.1, 0.15) is 6.92 Å². The number of halogens is 1. The molecule has 1 aliphatic rings. The first-order chi connectivity index (χ1) is 8.78. The molecule has 0 spiro atoms. The Bertz CT molecular complexity index is 347. The summed E-state index contributed by atoms with van der Waals surface area (Å²) in [6.07, 6.45) is 0. The molecule has 100 valence electrons. The van der Waals surface area contributed by atoms with Crippen molar-refractivity contribution in [1.29, 1.82) is 0 Å². The standard InChI is InChI=1S/C14H21IN2O/c1-2-16-7-9-17(10-8-16)11-12-18-14-5-3-13(15)4-6-14/h3-6H,2,7-12H2,1H3/p+2. The summed E-state index contributed by atoms with van der Waals surface area (Å²) in [7, 11) is 0. The minimum Gasteiger partial charge on any atom is -0.488 e. The normalized spacial score (nSPS) is 23.9. The molecule has 0 bridgehead atoms. The van der Waals surface area contributed by atoms with Crippen molar-refractivity contribution in [3.63, 3.8) is 0 Å². The summed E-state index contributed by atoms with van der Waals surface area (Å²) in [4.78, 5) is 3.44. The molecular formula is C14H23IN2O+2. The van der Waals surface area contributed by atoms with Crippen LogP contribution < -0.4 is 14.5 Å². The quantitative estimate of drug-likeness (QED) is 0.675. The van der Waals surface area contributed by atoms with Crippen LogP contribution in [0.25, 0.3) is 0 Å². The first-order valence-corrected chi connectivity index (χ1v) is 7.91. The SMILES string of the molecule is CC[NH+]1CC[NH+](CCOc2ccc(I)cc2)CC1. The van der Waals surface area contributed by atoms with Gasteiger partial charge in [-0.15, -0.1) is 0 Å². The fourth-order valence-electron chi connectivity index (χ4n) is 2.40. The molecule has 18 heavy (non-hydrogen) atoms. The molecule has 0 radical (unpaired) electrons. The minimum atomic E-state index is 0.831. The van der Waals surface area contributed by atoms with Crippen molar-refractivity contribution < 1.29 is 14.5 Å². The van der Waals surface area contributed by atoms with Gasteiger partial charge in [-0.25, -0.2) is 0 Å². The summed E-state index contributed by atoms with van der Waals surface area (Å²) in [5, 5.41) is 0. The maximum absolute atomic E-state index is 5.79. The van der Waals surface area contributed by atoms with Crippen LogP contribution in [0.3, 0.4) is 0 Å². The van der Waals surface area contributed by atoms with Gasteiger partial charge in [0.15, 0.2) is 0 Å². The van der Waals surface area contributed by atoms with Crippen molar-refractivity contribution in [1.82, 2.24) is 0 Å². The molecule has 0 atom stereocenters. The van der Waals surface area contributed by atoms with E-state index in [0.29, 0.717) is 0 Å². The van der Waals surface area contributed by atoms with Crippen molar-refractivity contribution in [3.8, 4) is 5.75 Å². The molecule has 1 aliphatic heterocycles. The summed E-state index contributed by atoms with van der Waals surface area (Å²) in [6, 6.07) is 8.28. The Kier molecular flexibility index (Phi) is 5.72. The summed E-state index contributed by atoms with van der Waals surface area (Å²) in [5.41, 5.74) is 0. The Morgan fingerprint density at radius 2 is 1.67 bits per heavy atom. The van der Waals surface area contributed by atoms with Gasteiger partial charge >= 0.3 is 0 Å². The average molecular weight is 362 g/mol. The average Bonchev–Trinajstić information content (AvgIpc) is 2.42. The van der Waals surface area contributed by atoms with E-state index < -0.39 is 0 Å². The molecule has 1 aromatic rings. The molecule has 2 N–H and O–H groups in total. The van der Waals surface area contributed by atoms with Gasteiger partial charge in [0.05, 0.1) is 6.54 Å². The van der Waals surface area contributed by atoms with E-state index in [4.69, 9.17) is 4.74 Å². The van der Waals surface area contributed by atoms with Gasteiger partial charge in [0, 0.05) is 3.57 Å². The zero-order chi connectivity index (χ0) is 12.8. The molecule has 1 saturated heterocycles. The molecule has 0 aliphatic carbocycles. The smallest absolute Gasteiger partial charge is 0.137 e. The molecule has 1 aromatic carbocycles. The van der Waals surface area contributed by atoms with Crippen LogP contribution in [0, 0.1) is 3.57 Å². The lowest BCUT2D eigenvalue weighted by Gasteiger charge is -2.28. The predicted octanol–water partition coefficient (Wildman–Crippen LogP) is -0.527. The second kappa shape index (κ2) is 7.31. The lowest BCUT2D eigenvalue weighted by atomic mass is 10.3. The molecule has 2 rings (SSSR count). The van der Waals surface area contributed by atoms with Crippen molar-refractivity contribution in [2.45, 2.75) is 6.92 Å². The van der Waals surface area contributed by atoms with Crippen LogP contribution in [0.15, 0.2) is 24.3 Å². The Hall–Kier alpha value is -0.330. The van der Waals surface area contributed by atoms with Gasteiger partial charge in [0.1, 0.15) is 45.1 Å². The number of benzene rings is 1. The summed E-state index contributed by atoms with van der Waals surface area (Å²) in [5.74, 6) is 0.993. The summed E-state index contributed by atoms with van der Waals surface area (Å²) in [6.45, 7) is 10.7. The Balaban J connectivity index is 1.65. The van der Waals surface area contributed by atoms with E-state index in [0.717, 1.165) is 18.9 Å². The molecule has 1 heterocycles. The van der Waals surface area contributed by atoms with Crippen molar-refractivity contribution >= 4 is 22.6 Å². The molecule has 4 heteroatoms. The van der Waals surface area contributed by atoms with Gasteiger partial charge in [-0.05, 0) is 53.8 Å². The fourth-order valence-corrected chi connectivity index (χ4v) is 2.76. The van der Waals surface area contributed by atoms with Crippen LogP contribution in [-0.4, -0.2) is 45.9 Å². The lowest BCUT2D eigenvalue weighted by Crippen LogP contribution is -3.28. The van der Waals surface area contributed by atoms with E-state index in [-0.39, 0.29) is 0 Å². The highest BCUT2D eigenvalue weighted by Crippen LogP contribution is 2.12. The van der Waals surface area contributed by atoms with Gasteiger partial charge in [-0.3, -0.25) is 0 Å². The van der Waals surface area contributed by atoms with Gasteiger partial charge in [0.2, 0.25) is 0 Å². The van der Waals surface area contributed by atoms with Crippen LogP contribution in [0.5, 0.6) is 5.75 Å². The zero-order valence-corrected chi connectivity index (χ0v) is 13.2. The first kappa shape index (κ1) is 14.1. The van der Waals surface area contributed by atoms with Gasteiger partial charge in [-0.2, -0.15) is 0 Å². The van der Waals surface area contributed by atoms with Gasteiger partial charge in [0.25, 0.3) is 0 Å². The lowest BCUT2D eigenvalue weighted by molar-refractivity contribution is -1.01. The molecule has 3 nitrogen and oxygen atoms in total. The van der Waals surface area contributed by atoms with E-state index >= 15 is 0 Å². The number of quaternary nitrogens is 2. The number of hydrogen-bond acceptors (Lipinski definition) is 1. The molecule has 0 unspecified atom stereocenters. The summed E-state index contributed by atoms with van der Waals surface area (Å²) < 4.78 is 7.04. The first-order valence-electron chi connectivity index (χ1n) is 6.83. The van der Waals surface area contributed by atoms with E-state index in [9.17, 15) is 0 Å². The largest absolute Gasteiger partial charge is 0.488 e. The van der Waals surface area contributed by atoms with Gasteiger partial charge < -0.3 is 14.5 Å². The van der Waals surface area contributed by atoms with Crippen LogP contribution in [0.4, 0.5) is 0 Å². The van der Waals surface area contributed by atoms with Gasteiger partial charge in [-0.1, -0.05) is 0 Å². The van der Waals surface area contributed by atoms with E-state index in [1.807, 2.05) is 0 Å². The molecule has 0 amide bonds. The van der Waals surface area contributed by atoms with Crippen molar-refractivity contribution in [3.05, 3.63) is 27.8 Å². The van der Waals surface area contributed by atoms with Crippen molar-refractivity contribution in [2.24, 2.45) is 0 Å². The number of piperazine rings is 1. The number of ether oxygens (including phenoxy) is 1. The topological polar surface area (TPSA) is 18.1 Å². The van der Waals surface area contributed by atoms with Crippen LogP contribution >= 0.6 is 22.6 Å². The fraction of sp³-hybridized carbons (Fsp3) is 0.571. The third-order valence-corrected chi connectivity index (χ3v) is 4.42. The number of hydrogen-bond donors (Lipinski definition) is 2. The molecule has 1 fully saturated rings. The van der Waals surface area contributed by atoms with Crippen LogP contribution in [0.2, 0.25) is 0 Å². The monoisotopic (exact) mass is 362 g/mol. The third kappa shape index (κ3) is 4.40. The highest BCUT2D eigenvalue weighted by molar-refractivity contribution is 14.1. The maximum atomic E-state index is 5.79. The van der Waals surface area contributed by atoms with E-state index in [2.05, 4.69) is 53.8 Å². The molecule has 0 saturated carbocycles. The highest BCUT2D eigenvalue weighted by Gasteiger charge is 2.20. The predicted molar refractivity (Wildman–Crippen MR) is 81.5 cm³/mol. The number of likely N-dealkylation sites (N-methyl/N-ethyl adjacent to an activating group) is 1. The van der Waals surface area contributed by atoms with Crippen molar-refractivity contribution in [2.75, 3.05) is 45.9 Å². The number of nitrogens with one attached hydrogen (secondary N) is 2. The molecular weight excluding hydrogens is 339 g/mol. The maximum Gasteiger partial charge on any atom is 0.137 e. The second-order valence-electron chi connectivity index (χ2n) is 4.91. The third-order valence-electron chi connectivity index (χ3n) is 3.70. The Labute approximate surface area is 123 Å². The van der Waals surface area contributed by atoms with Crippen LogP contribution in [-0.2, 0) is 0 Å². The summed E-state index contributed by atoms with van der Waals surface area (Å²) >= 11 is 2.31. The minimum absolute atomic E-state index is 0.831. The Morgan fingerprint density at radius 1 is 1.06 bits per heavy atom. The van der Waals surface area contributed by atoms with E-state index in [1.165, 1.54) is 36.3 Å². The van der Waals surface area contributed by atoms with E-state index in [1.54, 1.807) is 9.80 Å². The molecule has 0 aromatic heterocycles.